The van der Waals surface area contributed by atoms with Gasteiger partial charge < -0.3 is 15.3 Å². The van der Waals surface area contributed by atoms with Gasteiger partial charge in [-0.15, -0.1) is 0 Å². The summed E-state index contributed by atoms with van der Waals surface area (Å²) < 4.78 is 0. The van der Waals surface area contributed by atoms with Crippen LogP contribution in [0.5, 0.6) is 0 Å². The van der Waals surface area contributed by atoms with Gasteiger partial charge in [-0.05, 0) is 25.0 Å². The number of aromatic nitrogens is 1. The summed E-state index contributed by atoms with van der Waals surface area (Å²) in [5.41, 5.74) is -0.437. The number of amides is 1. The van der Waals surface area contributed by atoms with Gasteiger partial charge in [0, 0.05) is 32.4 Å². The van der Waals surface area contributed by atoms with Gasteiger partial charge in [-0.2, -0.15) is 0 Å². The number of anilines is 1. The molecule has 0 aliphatic carbocycles. The van der Waals surface area contributed by atoms with Crippen molar-refractivity contribution in [2.24, 2.45) is 5.41 Å². The molecule has 0 atom stereocenters. The molecule has 2 N–H and O–H groups in total. The standard InChI is InChI=1S/C15H23N3O3/c1-5-15(6-2,14(20)21)10-17-13(19)11-7-8-16-12(9-11)18(3)4/h7-9H,5-6,10H2,1-4H3,(H,17,19)(H,20,21). The third kappa shape index (κ3) is 3.93. The molecule has 1 heterocycles. The molecule has 6 heteroatoms. The van der Waals surface area contributed by atoms with Crippen LogP contribution in [0.3, 0.4) is 0 Å². The van der Waals surface area contributed by atoms with Crippen LogP contribution in [-0.4, -0.2) is 42.6 Å². The average molecular weight is 293 g/mol. The third-order valence-corrected chi connectivity index (χ3v) is 3.86. The molecule has 6 nitrogen and oxygen atoms in total. The minimum absolute atomic E-state index is 0.119. The lowest BCUT2D eigenvalue weighted by molar-refractivity contribution is -0.149. The number of rotatable bonds is 7. The molecule has 0 radical (unpaired) electrons. The van der Waals surface area contributed by atoms with Crippen molar-refractivity contribution in [2.75, 3.05) is 25.5 Å². The lowest BCUT2D eigenvalue weighted by atomic mass is 9.82. The quantitative estimate of drug-likeness (QED) is 0.800. The Bertz CT molecular complexity index is 511. The highest BCUT2D eigenvalue weighted by Gasteiger charge is 2.35. The van der Waals surface area contributed by atoms with Crippen molar-refractivity contribution in [1.82, 2.24) is 10.3 Å². The lowest BCUT2D eigenvalue weighted by Crippen LogP contribution is -2.42. The number of carbonyl (C=O) groups is 2. The molecule has 1 aromatic heterocycles. The molecule has 0 aliphatic heterocycles. The second-order valence-electron chi connectivity index (χ2n) is 5.27. The van der Waals surface area contributed by atoms with Gasteiger partial charge in [0.1, 0.15) is 5.82 Å². The Kier molecular flexibility index (Phi) is 5.69. The molecule has 0 spiro atoms. The Morgan fingerprint density at radius 2 is 1.95 bits per heavy atom. The summed E-state index contributed by atoms with van der Waals surface area (Å²) in [4.78, 5) is 29.5. The number of hydrogen-bond acceptors (Lipinski definition) is 4. The summed E-state index contributed by atoms with van der Waals surface area (Å²) in [5.74, 6) is -0.484. The maximum atomic E-state index is 12.2. The van der Waals surface area contributed by atoms with Gasteiger partial charge in [-0.1, -0.05) is 13.8 Å². The van der Waals surface area contributed by atoms with E-state index in [1.165, 1.54) is 0 Å². The number of pyridine rings is 1. The second kappa shape index (κ2) is 7.06. The first-order valence-electron chi connectivity index (χ1n) is 7.01. The smallest absolute Gasteiger partial charge is 0.311 e. The average Bonchev–Trinajstić information content (AvgIpc) is 2.48. The number of nitrogens with one attached hydrogen (secondary N) is 1. The fourth-order valence-electron chi connectivity index (χ4n) is 2.03. The van der Waals surface area contributed by atoms with E-state index in [9.17, 15) is 14.7 Å². The van der Waals surface area contributed by atoms with Crippen molar-refractivity contribution in [3.63, 3.8) is 0 Å². The Morgan fingerprint density at radius 1 is 1.33 bits per heavy atom. The van der Waals surface area contributed by atoms with Crippen molar-refractivity contribution in [1.29, 1.82) is 0 Å². The number of aliphatic carboxylic acids is 1. The molecule has 0 bridgehead atoms. The van der Waals surface area contributed by atoms with E-state index in [2.05, 4.69) is 10.3 Å². The van der Waals surface area contributed by atoms with E-state index in [0.717, 1.165) is 0 Å². The van der Waals surface area contributed by atoms with Gasteiger partial charge in [0.15, 0.2) is 0 Å². The Labute approximate surface area is 125 Å². The van der Waals surface area contributed by atoms with Crippen LogP contribution in [0.4, 0.5) is 5.82 Å². The number of nitrogens with zero attached hydrogens (tertiary/aromatic N) is 2. The van der Waals surface area contributed by atoms with E-state index in [0.29, 0.717) is 24.2 Å². The zero-order valence-corrected chi connectivity index (χ0v) is 13.0. The molecular weight excluding hydrogens is 270 g/mol. The maximum absolute atomic E-state index is 12.2. The zero-order valence-electron chi connectivity index (χ0n) is 13.0. The van der Waals surface area contributed by atoms with Crippen LogP contribution >= 0.6 is 0 Å². The van der Waals surface area contributed by atoms with Gasteiger partial charge in [-0.3, -0.25) is 9.59 Å². The van der Waals surface area contributed by atoms with Crippen molar-refractivity contribution >= 4 is 17.7 Å². The third-order valence-electron chi connectivity index (χ3n) is 3.86. The lowest BCUT2D eigenvalue weighted by Gasteiger charge is -2.26. The van der Waals surface area contributed by atoms with Crippen molar-refractivity contribution in [3.05, 3.63) is 23.9 Å². The maximum Gasteiger partial charge on any atom is 0.311 e. The second-order valence-corrected chi connectivity index (χ2v) is 5.27. The summed E-state index contributed by atoms with van der Waals surface area (Å²) in [6, 6.07) is 3.29. The van der Waals surface area contributed by atoms with Gasteiger partial charge in [0.2, 0.25) is 0 Å². The van der Waals surface area contributed by atoms with Crippen LogP contribution in [0, 0.1) is 5.41 Å². The zero-order chi connectivity index (χ0) is 16.0. The summed E-state index contributed by atoms with van der Waals surface area (Å²) in [6.07, 6.45) is 2.51. The summed E-state index contributed by atoms with van der Waals surface area (Å²) in [7, 11) is 3.68. The van der Waals surface area contributed by atoms with Gasteiger partial charge in [-0.25, -0.2) is 4.98 Å². The number of hydrogen-bond donors (Lipinski definition) is 2. The predicted octanol–water partition coefficient (Wildman–Crippen LogP) is 1.77. The number of carbonyl (C=O) groups excluding carboxylic acids is 1. The highest BCUT2D eigenvalue weighted by atomic mass is 16.4. The first kappa shape index (κ1) is 16.9. The van der Waals surface area contributed by atoms with E-state index in [1.54, 1.807) is 23.2 Å². The van der Waals surface area contributed by atoms with Crippen LogP contribution in [0.25, 0.3) is 0 Å². The van der Waals surface area contributed by atoms with Crippen LogP contribution < -0.4 is 10.2 Å². The van der Waals surface area contributed by atoms with E-state index < -0.39 is 11.4 Å². The number of carboxylic acid groups (broad SMARTS) is 1. The van der Waals surface area contributed by atoms with E-state index >= 15 is 0 Å². The molecular formula is C15H23N3O3. The Balaban J connectivity index is 2.82. The summed E-state index contributed by atoms with van der Waals surface area (Å²) >= 11 is 0. The highest BCUT2D eigenvalue weighted by molar-refractivity contribution is 5.95. The predicted molar refractivity (Wildman–Crippen MR) is 81.5 cm³/mol. The molecule has 0 saturated heterocycles. The molecule has 0 saturated carbocycles. The van der Waals surface area contributed by atoms with E-state index in [-0.39, 0.29) is 12.5 Å². The fourth-order valence-corrected chi connectivity index (χ4v) is 2.03. The van der Waals surface area contributed by atoms with Crippen molar-refractivity contribution in [2.45, 2.75) is 26.7 Å². The van der Waals surface area contributed by atoms with Crippen LogP contribution in [0.1, 0.15) is 37.0 Å². The molecule has 1 amide bonds. The molecule has 21 heavy (non-hydrogen) atoms. The highest BCUT2D eigenvalue weighted by Crippen LogP contribution is 2.25. The van der Waals surface area contributed by atoms with E-state index in [1.807, 2.05) is 27.9 Å². The summed E-state index contributed by atoms with van der Waals surface area (Å²) in [6.45, 7) is 3.76. The van der Waals surface area contributed by atoms with E-state index in [4.69, 9.17) is 0 Å². The van der Waals surface area contributed by atoms with Crippen LogP contribution in [0.2, 0.25) is 0 Å². The minimum atomic E-state index is -0.910. The molecule has 116 valence electrons. The Hall–Kier alpha value is -2.11. The van der Waals surface area contributed by atoms with Crippen LogP contribution in [-0.2, 0) is 4.79 Å². The van der Waals surface area contributed by atoms with Gasteiger partial charge in [0.25, 0.3) is 5.91 Å². The monoisotopic (exact) mass is 293 g/mol. The topological polar surface area (TPSA) is 82.5 Å². The number of carboxylic acids is 1. The SMILES string of the molecule is CCC(CC)(CNC(=O)c1ccnc(N(C)C)c1)C(=O)O. The molecule has 0 aliphatic rings. The van der Waals surface area contributed by atoms with Gasteiger partial charge in [0.05, 0.1) is 5.41 Å². The normalized spacial score (nSPS) is 11.0. The fraction of sp³-hybridized carbons (Fsp3) is 0.533. The van der Waals surface area contributed by atoms with Gasteiger partial charge >= 0.3 is 5.97 Å². The molecule has 0 unspecified atom stereocenters. The largest absolute Gasteiger partial charge is 0.481 e. The minimum Gasteiger partial charge on any atom is -0.481 e. The first-order valence-corrected chi connectivity index (χ1v) is 7.01. The Morgan fingerprint density at radius 3 is 2.43 bits per heavy atom. The molecule has 1 aromatic rings. The van der Waals surface area contributed by atoms with Crippen LogP contribution in [0.15, 0.2) is 18.3 Å². The molecule has 0 fully saturated rings. The molecule has 0 aromatic carbocycles. The summed E-state index contributed by atoms with van der Waals surface area (Å²) in [5, 5.41) is 12.1. The molecule has 1 rings (SSSR count). The first-order chi connectivity index (χ1) is 9.86. The van der Waals surface area contributed by atoms with Crippen molar-refractivity contribution in [3.8, 4) is 0 Å². The van der Waals surface area contributed by atoms with Crippen molar-refractivity contribution < 1.29 is 14.7 Å².